The molecule has 0 fully saturated rings. The standard InChI is InChI=1S/C13H21N5/c1-4-5-18(10-13(2,3)9-15)12-8-16-11(6-14)7-17-12/h7-8H,4-5,9-10,15H2,1-3H3. The Labute approximate surface area is 109 Å². The van der Waals surface area contributed by atoms with Crippen molar-refractivity contribution in [1.29, 1.82) is 5.26 Å². The molecule has 0 aliphatic carbocycles. The van der Waals surface area contributed by atoms with Crippen molar-refractivity contribution >= 4 is 5.82 Å². The molecule has 1 aromatic rings. The highest BCUT2D eigenvalue weighted by Gasteiger charge is 2.21. The van der Waals surface area contributed by atoms with Gasteiger partial charge in [-0.1, -0.05) is 20.8 Å². The van der Waals surface area contributed by atoms with Crippen molar-refractivity contribution in [3.05, 3.63) is 18.1 Å². The molecular weight excluding hydrogens is 226 g/mol. The summed E-state index contributed by atoms with van der Waals surface area (Å²) in [5, 5.41) is 8.71. The zero-order chi connectivity index (χ0) is 13.6. The molecule has 0 atom stereocenters. The first-order valence-corrected chi connectivity index (χ1v) is 6.19. The van der Waals surface area contributed by atoms with Crippen LogP contribution in [0.4, 0.5) is 5.82 Å². The zero-order valence-corrected chi connectivity index (χ0v) is 11.3. The summed E-state index contributed by atoms with van der Waals surface area (Å²) >= 11 is 0. The first kappa shape index (κ1) is 14.4. The fourth-order valence-corrected chi connectivity index (χ4v) is 1.67. The molecule has 98 valence electrons. The topological polar surface area (TPSA) is 78.8 Å². The van der Waals surface area contributed by atoms with E-state index < -0.39 is 0 Å². The third-order valence-electron chi connectivity index (χ3n) is 2.74. The highest BCUT2D eigenvalue weighted by atomic mass is 15.2. The molecule has 1 heterocycles. The molecule has 1 rings (SSSR count). The van der Waals surface area contributed by atoms with Gasteiger partial charge in [0.1, 0.15) is 11.9 Å². The van der Waals surface area contributed by atoms with Crippen LogP contribution in [0, 0.1) is 16.7 Å². The molecule has 0 aliphatic heterocycles. The van der Waals surface area contributed by atoms with E-state index in [0.717, 1.165) is 25.3 Å². The first-order chi connectivity index (χ1) is 8.52. The predicted octanol–water partition coefficient (Wildman–Crippen LogP) is 1.55. The van der Waals surface area contributed by atoms with E-state index in [9.17, 15) is 0 Å². The van der Waals surface area contributed by atoms with E-state index in [1.165, 1.54) is 6.20 Å². The van der Waals surface area contributed by atoms with Crippen molar-refractivity contribution in [1.82, 2.24) is 9.97 Å². The number of rotatable bonds is 6. The Morgan fingerprint density at radius 2 is 2.11 bits per heavy atom. The van der Waals surface area contributed by atoms with Gasteiger partial charge in [0, 0.05) is 13.1 Å². The zero-order valence-electron chi connectivity index (χ0n) is 11.3. The minimum absolute atomic E-state index is 0.0325. The summed E-state index contributed by atoms with van der Waals surface area (Å²) in [5.41, 5.74) is 6.14. The van der Waals surface area contributed by atoms with Crippen LogP contribution in [0.5, 0.6) is 0 Å². The van der Waals surface area contributed by atoms with Crippen LogP contribution >= 0.6 is 0 Å². The fourth-order valence-electron chi connectivity index (χ4n) is 1.67. The largest absolute Gasteiger partial charge is 0.355 e. The summed E-state index contributed by atoms with van der Waals surface area (Å²) in [6.07, 6.45) is 4.19. The van der Waals surface area contributed by atoms with Crippen LogP contribution in [0.1, 0.15) is 32.9 Å². The van der Waals surface area contributed by atoms with Crippen LogP contribution in [0.2, 0.25) is 0 Å². The van der Waals surface area contributed by atoms with Crippen molar-refractivity contribution in [3.8, 4) is 6.07 Å². The normalized spacial score (nSPS) is 11.1. The fraction of sp³-hybridized carbons (Fsp3) is 0.615. The Bertz CT molecular complexity index is 404. The Hall–Kier alpha value is -1.67. The van der Waals surface area contributed by atoms with Crippen LogP contribution < -0.4 is 10.6 Å². The molecular formula is C13H21N5. The lowest BCUT2D eigenvalue weighted by Gasteiger charge is -2.32. The maximum Gasteiger partial charge on any atom is 0.158 e. The first-order valence-electron chi connectivity index (χ1n) is 6.19. The second-order valence-electron chi connectivity index (χ2n) is 5.16. The lowest BCUT2D eigenvalue weighted by Crippen LogP contribution is -2.39. The molecule has 0 spiro atoms. The molecule has 0 bridgehead atoms. The predicted molar refractivity (Wildman–Crippen MR) is 72.1 cm³/mol. The molecule has 5 nitrogen and oxygen atoms in total. The van der Waals surface area contributed by atoms with Gasteiger partial charge in [0.05, 0.1) is 12.4 Å². The van der Waals surface area contributed by atoms with Gasteiger partial charge in [-0.15, -0.1) is 0 Å². The molecule has 0 unspecified atom stereocenters. The quantitative estimate of drug-likeness (QED) is 0.825. The van der Waals surface area contributed by atoms with Crippen molar-refractivity contribution in [3.63, 3.8) is 0 Å². The SMILES string of the molecule is CCCN(CC(C)(C)CN)c1cnc(C#N)cn1. The minimum Gasteiger partial charge on any atom is -0.355 e. The van der Waals surface area contributed by atoms with Gasteiger partial charge in [0.25, 0.3) is 0 Å². The molecule has 0 amide bonds. The van der Waals surface area contributed by atoms with E-state index in [1.54, 1.807) is 6.20 Å². The van der Waals surface area contributed by atoms with E-state index in [-0.39, 0.29) is 5.41 Å². The molecule has 0 radical (unpaired) electrons. The van der Waals surface area contributed by atoms with Crippen molar-refractivity contribution in [2.45, 2.75) is 27.2 Å². The summed E-state index contributed by atoms with van der Waals surface area (Å²) in [6, 6.07) is 1.97. The highest BCUT2D eigenvalue weighted by molar-refractivity contribution is 5.37. The van der Waals surface area contributed by atoms with Crippen LogP contribution in [0.15, 0.2) is 12.4 Å². The smallest absolute Gasteiger partial charge is 0.158 e. The molecule has 5 heteroatoms. The second-order valence-corrected chi connectivity index (χ2v) is 5.16. The lowest BCUT2D eigenvalue weighted by molar-refractivity contribution is 0.376. The van der Waals surface area contributed by atoms with Crippen LogP contribution in [-0.2, 0) is 0 Å². The molecule has 0 saturated heterocycles. The Kier molecular flexibility index (Phi) is 5.05. The number of hydrogen-bond donors (Lipinski definition) is 1. The van der Waals surface area contributed by atoms with Gasteiger partial charge in [-0.25, -0.2) is 9.97 Å². The van der Waals surface area contributed by atoms with Crippen molar-refractivity contribution in [2.75, 3.05) is 24.5 Å². The van der Waals surface area contributed by atoms with E-state index in [4.69, 9.17) is 11.0 Å². The van der Waals surface area contributed by atoms with E-state index in [0.29, 0.717) is 12.2 Å². The van der Waals surface area contributed by atoms with E-state index in [1.807, 2.05) is 6.07 Å². The van der Waals surface area contributed by atoms with E-state index in [2.05, 4.69) is 35.6 Å². The molecule has 0 saturated carbocycles. The second kappa shape index (κ2) is 6.31. The van der Waals surface area contributed by atoms with Gasteiger partial charge >= 0.3 is 0 Å². The summed E-state index contributed by atoms with van der Waals surface area (Å²) < 4.78 is 0. The molecule has 0 aromatic carbocycles. The summed E-state index contributed by atoms with van der Waals surface area (Å²) in [4.78, 5) is 10.5. The lowest BCUT2D eigenvalue weighted by atomic mass is 9.93. The molecule has 2 N–H and O–H groups in total. The van der Waals surface area contributed by atoms with Crippen LogP contribution in [-0.4, -0.2) is 29.6 Å². The van der Waals surface area contributed by atoms with Gasteiger partial charge in [-0.2, -0.15) is 5.26 Å². The number of nitrogens with zero attached hydrogens (tertiary/aromatic N) is 4. The third-order valence-corrected chi connectivity index (χ3v) is 2.74. The van der Waals surface area contributed by atoms with Crippen molar-refractivity contribution < 1.29 is 0 Å². The maximum atomic E-state index is 8.71. The van der Waals surface area contributed by atoms with Crippen molar-refractivity contribution in [2.24, 2.45) is 11.1 Å². The number of aromatic nitrogens is 2. The van der Waals surface area contributed by atoms with Gasteiger partial charge in [0.15, 0.2) is 5.69 Å². The van der Waals surface area contributed by atoms with Crippen LogP contribution in [0.3, 0.4) is 0 Å². The number of nitriles is 1. The highest BCUT2D eigenvalue weighted by Crippen LogP contribution is 2.19. The minimum atomic E-state index is 0.0325. The average Bonchev–Trinajstić information content (AvgIpc) is 2.38. The number of hydrogen-bond acceptors (Lipinski definition) is 5. The monoisotopic (exact) mass is 247 g/mol. The Morgan fingerprint density at radius 1 is 1.39 bits per heavy atom. The number of nitrogens with two attached hydrogens (primary N) is 1. The molecule has 0 aliphatic rings. The summed E-state index contributed by atoms with van der Waals surface area (Å²) in [5.74, 6) is 0.803. The third kappa shape index (κ3) is 3.97. The Balaban J connectivity index is 2.87. The van der Waals surface area contributed by atoms with Gasteiger partial charge in [-0.05, 0) is 18.4 Å². The number of anilines is 1. The van der Waals surface area contributed by atoms with Gasteiger partial charge in [0.2, 0.25) is 0 Å². The van der Waals surface area contributed by atoms with Gasteiger partial charge < -0.3 is 10.6 Å². The molecule has 1 aromatic heterocycles. The molecule has 18 heavy (non-hydrogen) atoms. The summed E-state index contributed by atoms with van der Waals surface area (Å²) in [7, 11) is 0. The maximum absolute atomic E-state index is 8.71. The van der Waals surface area contributed by atoms with E-state index >= 15 is 0 Å². The Morgan fingerprint density at radius 3 is 2.56 bits per heavy atom. The summed E-state index contributed by atoms with van der Waals surface area (Å²) in [6.45, 7) is 8.75. The average molecular weight is 247 g/mol. The van der Waals surface area contributed by atoms with Gasteiger partial charge in [-0.3, -0.25) is 0 Å². The van der Waals surface area contributed by atoms with Crippen LogP contribution in [0.25, 0.3) is 0 Å².